The standard InChI is InChI=1S/C16H13NO4/c18-8-2-4-11-3-1-5-12(9-11)17-16(21)14-7-6-13(19)10-15(14)20/h1,3,5-7,9-10,18-20H,8H2,(H,17,21). The fraction of sp³-hybridized carbons (Fsp3) is 0.0625. The van der Waals surface area contributed by atoms with Crippen LogP contribution in [0.5, 0.6) is 11.5 Å². The third-order valence-electron chi connectivity index (χ3n) is 2.66. The number of benzene rings is 2. The molecule has 2 aromatic carbocycles. The maximum absolute atomic E-state index is 12.0. The van der Waals surface area contributed by atoms with Crippen molar-refractivity contribution in [3.63, 3.8) is 0 Å². The van der Waals surface area contributed by atoms with E-state index in [1.807, 2.05) is 0 Å². The predicted molar refractivity (Wildman–Crippen MR) is 78.1 cm³/mol. The molecule has 5 heteroatoms. The summed E-state index contributed by atoms with van der Waals surface area (Å²) in [5, 5.41) is 30.1. The first-order valence-corrected chi connectivity index (χ1v) is 6.13. The number of phenols is 2. The molecule has 0 radical (unpaired) electrons. The zero-order valence-electron chi connectivity index (χ0n) is 11.0. The number of anilines is 1. The Hall–Kier alpha value is -2.97. The molecule has 4 N–H and O–H groups in total. The van der Waals surface area contributed by atoms with Gasteiger partial charge in [0.05, 0.1) is 5.56 Å². The Morgan fingerprint density at radius 1 is 1.14 bits per heavy atom. The van der Waals surface area contributed by atoms with E-state index in [2.05, 4.69) is 17.2 Å². The molecule has 0 aliphatic rings. The first kappa shape index (κ1) is 14.4. The van der Waals surface area contributed by atoms with E-state index in [1.54, 1.807) is 24.3 Å². The number of hydrogen-bond donors (Lipinski definition) is 4. The lowest BCUT2D eigenvalue weighted by Crippen LogP contribution is -2.12. The van der Waals surface area contributed by atoms with E-state index in [9.17, 15) is 15.0 Å². The number of aliphatic hydroxyl groups is 1. The summed E-state index contributed by atoms with van der Waals surface area (Å²) in [4.78, 5) is 12.0. The Kier molecular flexibility index (Phi) is 4.44. The number of amides is 1. The lowest BCUT2D eigenvalue weighted by Gasteiger charge is -2.07. The van der Waals surface area contributed by atoms with Gasteiger partial charge in [-0.2, -0.15) is 0 Å². The van der Waals surface area contributed by atoms with Crippen LogP contribution in [0.4, 0.5) is 5.69 Å². The van der Waals surface area contributed by atoms with Gasteiger partial charge in [0.15, 0.2) is 0 Å². The SMILES string of the molecule is O=C(Nc1cccc(C#CCO)c1)c1ccc(O)cc1O. The number of carbonyl (C=O) groups is 1. The normalized spacial score (nSPS) is 9.57. The third-order valence-corrected chi connectivity index (χ3v) is 2.66. The second-order valence-corrected chi connectivity index (χ2v) is 4.20. The van der Waals surface area contributed by atoms with E-state index in [0.29, 0.717) is 11.3 Å². The van der Waals surface area contributed by atoms with Gasteiger partial charge in [-0.3, -0.25) is 4.79 Å². The number of aliphatic hydroxyl groups excluding tert-OH is 1. The highest BCUT2D eigenvalue weighted by atomic mass is 16.3. The molecule has 0 spiro atoms. The van der Waals surface area contributed by atoms with Crippen molar-refractivity contribution in [2.24, 2.45) is 0 Å². The van der Waals surface area contributed by atoms with Crippen LogP contribution in [0, 0.1) is 11.8 Å². The van der Waals surface area contributed by atoms with E-state index in [-0.39, 0.29) is 23.7 Å². The van der Waals surface area contributed by atoms with Gasteiger partial charge in [0.2, 0.25) is 0 Å². The van der Waals surface area contributed by atoms with E-state index < -0.39 is 5.91 Å². The zero-order chi connectivity index (χ0) is 15.2. The topological polar surface area (TPSA) is 89.8 Å². The number of carbonyl (C=O) groups excluding carboxylic acids is 1. The van der Waals surface area contributed by atoms with Crippen LogP contribution in [0.2, 0.25) is 0 Å². The van der Waals surface area contributed by atoms with Crippen LogP contribution in [0.25, 0.3) is 0 Å². The van der Waals surface area contributed by atoms with Gasteiger partial charge in [-0.25, -0.2) is 0 Å². The Morgan fingerprint density at radius 3 is 2.67 bits per heavy atom. The van der Waals surface area contributed by atoms with Crippen LogP contribution in [-0.2, 0) is 0 Å². The minimum Gasteiger partial charge on any atom is -0.508 e. The second kappa shape index (κ2) is 6.46. The van der Waals surface area contributed by atoms with Gasteiger partial charge < -0.3 is 20.6 Å². The van der Waals surface area contributed by atoms with Crippen molar-refractivity contribution in [3.05, 3.63) is 53.6 Å². The molecule has 0 atom stereocenters. The largest absolute Gasteiger partial charge is 0.508 e. The molecule has 0 fully saturated rings. The van der Waals surface area contributed by atoms with Gasteiger partial charge in [0, 0.05) is 17.3 Å². The monoisotopic (exact) mass is 283 g/mol. The first-order chi connectivity index (χ1) is 10.1. The molecule has 5 nitrogen and oxygen atoms in total. The Labute approximate surface area is 121 Å². The first-order valence-electron chi connectivity index (χ1n) is 6.13. The summed E-state index contributed by atoms with van der Waals surface area (Å²) >= 11 is 0. The molecular formula is C16H13NO4. The van der Waals surface area contributed by atoms with Crippen molar-refractivity contribution >= 4 is 11.6 Å². The van der Waals surface area contributed by atoms with Gasteiger partial charge in [-0.05, 0) is 30.3 Å². The molecule has 0 aliphatic carbocycles. The van der Waals surface area contributed by atoms with Gasteiger partial charge in [-0.15, -0.1) is 0 Å². The molecule has 21 heavy (non-hydrogen) atoms. The van der Waals surface area contributed by atoms with Crippen LogP contribution in [-0.4, -0.2) is 27.8 Å². The van der Waals surface area contributed by atoms with Crippen molar-refractivity contribution in [2.45, 2.75) is 0 Å². The molecule has 2 rings (SSSR count). The molecule has 0 unspecified atom stereocenters. The molecule has 0 saturated heterocycles. The Bertz CT molecular complexity index is 729. The van der Waals surface area contributed by atoms with Crippen molar-refractivity contribution < 1.29 is 20.1 Å². The van der Waals surface area contributed by atoms with Gasteiger partial charge >= 0.3 is 0 Å². The van der Waals surface area contributed by atoms with Crippen molar-refractivity contribution in [3.8, 4) is 23.3 Å². The lowest BCUT2D eigenvalue weighted by atomic mass is 10.1. The van der Waals surface area contributed by atoms with Gasteiger partial charge in [0.25, 0.3) is 5.91 Å². The zero-order valence-corrected chi connectivity index (χ0v) is 11.0. The Balaban J connectivity index is 2.19. The van der Waals surface area contributed by atoms with E-state index in [4.69, 9.17) is 5.11 Å². The van der Waals surface area contributed by atoms with Crippen LogP contribution in [0.15, 0.2) is 42.5 Å². The summed E-state index contributed by atoms with van der Waals surface area (Å²) in [5.74, 6) is 4.33. The smallest absolute Gasteiger partial charge is 0.259 e. The fourth-order valence-corrected chi connectivity index (χ4v) is 1.73. The summed E-state index contributed by atoms with van der Waals surface area (Å²) in [6.45, 7) is -0.238. The molecule has 0 saturated carbocycles. The maximum atomic E-state index is 12.0. The lowest BCUT2D eigenvalue weighted by molar-refractivity contribution is 0.102. The molecular weight excluding hydrogens is 270 g/mol. The highest BCUT2D eigenvalue weighted by Crippen LogP contribution is 2.23. The number of hydrogen-bond acceptors (Lipinski definition) is 4. The minimum absolute atomic E-state index is 0.0552. The van der Waals surface area contributed by atoms with Gasteiger partial charge in [0.1, 0.15) is 18.1 Å². The molecule has 2 aromatic rings. The maximum Gasteiger partial charge on any atom is 0.259 e. The Morgan fingerprint density at radius 2 is 1.95 bits per heavy atom. The fourth-order valence-electron chi connectivity index (χ4n) is 1.73. The summed E-state index contributed by atoms with van der Waals surface area (Å²) in [6, 6.07) is 10.5. The molecule has 1 amide bonds. The minimum atomic E-state index is -0.500. The number of phenolic OH excluding ortho intramolecular Hbond substituents is 2. The molecule has 0 bridgehead atoms. The van der Waals surface area contributed by atoms with Crippen LogP contribution < -0.4 is 5.32 Å². The molecule has 0 aliphatic heterocycles. The van der Waals surface area contributed by atoms with E-state index >= 15 is 0 Å². The summed E-state index contributed by atoms with van der Waals surface area (Å²) < 4.78 is 0. The van der Waals surface area contributed by atoms with Crippen LogP contribution >= 0.6 is 0 Å². The third kappa shape index (κ3) is 3.75. The highest BCUT2D eigenvalue weighted by molar-refractivity contribution is 6.06. The predicted octanol–water partition coefficient (Wildman–Crippen LogP) is 1.69. The van der Waals surface area contributed by atoms with Gasteiger partial charge in [-0.1, -0.05) is 17.9 Å². The van der Waals surface area contributed by atoms with Crippen molar-refractivity contribution in [1.29, 1.82) is 0 Å². The average Bonchev–Trinajstić information content (AvgIpc) is 2.45. The molecule has 0 aromatic heterocycles. The summed E-state index contributed by atoms with van der Waals surface area (Å²) in [7, 11) is 0. The number of rotatable bonds is 2. The number of aromatic hydroxyl groups is 2. The van der Waals surface area contributed by atoms with Crippen molar-refractivity contribution in [1.82, 2.24) is 0 Å². The molecule has 106 valence electrons. The van der Waals surface area contributed by atoms with Crippen LogP contribution in [0.3, 0.4) is 0 Å². The molecule has 0 heterocycles. The highest BCUT2D eigenvalue weighted by Gasteiger charge is 2.11. The summed E-state index contributed by atoms with van der Waals surface area (Å²) in [6.07, 6.45) is 0. The van der Waals surface area contributed by atoms with E-state index in [1.165, 1.54) is 12.1 Å². The second-order valence-electron chi connectivity index (χ2n) is 4.20. The average molecular weight is 283 g/mol. The van der Waals surface area contributed by atoms with Crippen molar-refractivity contribution in [2.75, 3.05) is 11.9 Å². The van der Waals surface area contributed by atoms with E-state index in [0.717, 1.165) is 6.07 Å². The van der Waals surface area contributed by atoms with Crippen LogP contribution in [0.1, 0.15) is 15.9 Å². The number of nitrogens with one attached hydrogen (secondary N) is 1. The summed E-state index contributed by atoms with van der Waals surface area (Å²) in [5.41, 5.74) is 1.22. The quantitative estimate of drug-likeness (QED) is 0.631.